The van der Waals surface area contributed by atoms with Crippen molar-refractivity contribution in [1.82, 2.24) is 10.2 Å². The zero-order valence-electron chi connectivity index (χ0n) is 23.3. The van der Waals surface area contributed by atoms with Crippen molar-refractivity contribution >= 4 is 50.7 Å². The fraction of sp³-hybridized carbons (Fsp3) is 0.333. The van der Waals surface area contributed by atoms with E-state index in [4.69, 9.17) is 23.2 Å². The summed E-state index contributed by atoms with van der Waals surface area (Å²) in [5.41, 5.74) is 2.54. The van der Waals surface area contributed by atoms with E-state index < -0.39 is 28.5 Å². The number of halogens is 2. The second kappa shape index (κ2) is 13.5. The molecule has 0 saturated carbocycles. The van der Waals surface area contributed by atoms with Crippen molar-refractivity contribution in [2.24, 2.45) is 0 Å². The number of aryl methyl sites for hydroxylation is 2. The molecule has 0 aliphatic heterocycles. The minimum Gasteiger partial charge on any atom is -0.352 e. The van der Waals surface area contributed by atoms with E-state index in [0.717, 1.165) is 15.4 Å². The van der Waals surface area contributed by atoms with Gasteiger partial charge in [-0.2, -0.15) is 0 Å². The molecule has 7 nitrogen and oxygen atoms in total. The number of carbonyl (C=O) groups is 2. The molecule has 0 aliphatic rings. The minimum atomic E-state index is -4.18. The number of benzene rings is 3. The molecular weight excluding hydrogens is 569 g/mol. The number of hydrogen-bond acceptors (Lipinski definition) is 4. The van der Waals surface area contributed by atoms with Crippen LogP contribution in [0.5, 0.6) is 0 Å². The van der Waals surface area contributed by atoms with Crippen LogP contribution in [0.3, 0.4) is 0 Å². The number of sulfonamides is 1. The Morgan fingerprint density at radius 2 is 1.57 bits per heavy atom. The lowest BCUT2D eigenvalue weighted by molar-refractivity contribution is -0.140. The summed E-state index contributed by atoms with van der Waals surface area (Å²) < 4.78 is 28.9. The molecule has 10 heteroatoms. The molecule has 3 aromatic carbocycles. The number of nitrogens with zero attached hydrogens (tertiary/aromatic N) is 2. The smallest absolute Gasteiger partial charge is 0.264 e. The predicted molar refractivity (Wildman–Crippen MR) is 161 cm³/mol. The van der Waals surface area contributed by atoms with Gasteiger partial charge in [0.05, 0.1) is 10.6 Å². The van der Waals surface area contributed by atoms with E-state index >= 15 is 0 Å². The quantitative estimate of drug-likeness (QED) is 0.285. The molecule has 1 N–H and O–H groups in total. The number of nitrogens with one attached hydrogen (secondary N) is 1. The Morgan fingerprint density at radius 1 is 0.925 bits per heavy atom. The van der Waals surface area contributed by atoms with Gasteiger partial charge < -0.3 is 10.2 Å². The Labute approximate surface area is 247 Å². The first-order valence-corrected chi connectivity index (χ1v) is 15.2. The average Bonchev–Trinajstić information content (AvgIpc) is 2.89. The largest absolute Gasteiger partial charge is 0.352 e. The van der Waals surface area contributed by atoms with E-state index in [0.29, 0.717) is 22.0 Å². The van der Waals surface area contributed by atoms with Crippen molar-refractivity contribution in [2.75, 3.05) is 10.8 Å². The summed E-state index contributed by atoms with van der Waals surface area (Å²) in [6, 6.07) is 17.3. The lowest BCUT2D eigenvalue weighted by atomic mass is 10.1. The summed E-state index contributed by atoms with van der Waals surface area (Å²) in [6.07, 6.45) is 0.315. The highest BCUT2D eigenvalue weighted by Crippen LogP contribution is 2.29. The average molecular weight is 605 g/mol. The van der Waals surface area contributed by atoms with Gasteiger partial charge in [-0.15, -0.1) is 0 Å². The number of carbonyl (C=O) groups excluding carboxylic acids is 2. The van der Waals surface area contributed by atoms with Crippen molar-refractivity contribution in [3.05, 3.63) is 93.5 Å². The Balaban J connectivity index is 2.10. The van der Waals surface area contributed by atoms with Gasteiger partial charge in [-0.3, -0.25) is 13.9 Å². The van der Waals surface area contributed by atoms with E-state index in [2.05, 4.69) is 5.32 Å². The van der Waals surface area contributed by atoms with Crippen LogP contribution in [-0.2, 0) is 26.2 Å². The monoisotopic (exact) mass is 603 g/mol. The van der Waals surface area contributed by atoms with Crippen LogP contribution >= 0.6 is 23.2 Å². The van der Waals surface area contributed by atoms with E-state index in [-0.39, 0.29) is 29.1 Å². The third kappa shape index (κ3) is 7.56. The van der Waals surface area contributed by atoms with Crippen molar-refractivity contribution in [3.63, 3.8) is 0 Å². The molecule has 0 aromatic heterocycles. The highest BCUT2D eigenvalue weighted by atomic mass is 35.5. The van der Waals surface area contributed by atoms with Gasteiger partial charge in [-0.25, -0.2) is 8.42 Å². The first kappa shape index (κ1) is 31.5. The molecule has 2 amide bonds. The molecule has 0 saturated heterocycles. The number of anilines is 1. The lowest BCUT2D eigenvalue weighted by Gasteiger charge is -2.33. The maximum absolute atomic E-state index is 14.1. The third-order valence-corrected chi connectivity index (χ3v) is 9.01. The van der Waals surface area contributed by atoms with Crippen molar-refractivity contribution in [2.45, 2.75) is 64.6 Å². The number of amides is 2. The highest BCUT2D eigenvalue weighted by Gasteiger charge is 2.34. The van der Waals surface area contributed by atoms with Crippen LogP contribution in [0.15, 0.2) is 71.6 Å². The molecule has 3 aromatic rings. The Hall–Kier alpha value is -3.07. The van der Waals surface area contributed by atoms with Crippen molar-refractivity contribution in [3.8, 4) is 0 Å². The van der Waals surface area contributed by atoms with Crippen LogP contribution < -0.4 is 9.62 Å². The molecule has 0 bridgehead atoms. The number of rotatable bonds is 11. The zero-order chi connectivity index (χ0) is 29.6. The summed E-state index contributed by atoms with van der Waals surface area (Å²) in [4.78, 5) is 28.7. The summed E-state index contributed by atoms with van der Waals surface area (Å²) in [5.74, 6) is -0.887. The van der Waals surface area contributed by atoms with Gasteiger partial charge in [0.15, 0.2) is 0 Å². The van der Waals surface area contributed by atoms with Crippen LogP contribution in [0.1, 0.15) is 43.9 Å². The topological polar surface area (TPSA) is 86.8 Å². The molecule has 0 fully saturated rings. The van der Waals surface area contributed by atoms with Gasteiger partial charge in [0.1, 0.15) is 12.6 Å². The second-order valence-electron chi connectivity index (χ2n) is 9.96. The standard InChI is InChI=1S/C30H35Cl2N3O4S/c1-6-28(30(37)33-20(2)3)34(18-23-9-7-8-10-26(23)31)29(36)19-35(24-14-13-22(5)27(32)17-24)40(38,39)25-15-11-21(4)12-16-25/h7-17,20,28H,6,18-19H2,1-5H3,(H,33,37). The highest BCUT2D eigenvalue weighted by molar-refractivity contribution is 7.92. The molecule has 214 valence electrons. The first-order chi connectivity index (χ1) is 18.8. The molecule has 0 heterocycles. The SMILES string of the molecule is CCC(C(=O)NC(C)C)N(Cc1ccccc1Cl)C(=O)CN(c1ccc(C)c(Cl)c1)S(=O)(=O)c1ccc(C)cc1. The Bertz CT molecular complexity index is 1460. The second-order valence-corrected chi connectivity index (χ2v) is 12.6. The minimum absolute atomic E-state index is 0.0234. The van der Waals surface area contributed by atoms with Crippen molar-refractivity contribution in [1.29, 1.82) is 0 Å². The van der Waals surface area contributed by atoms with E-state index in [9.17, 15) is 18.0 Å². The predicted octanol–water partition coefficient (Wildman–Crippen LogP) is 6.14. The van der Waals surface area contributed by atoms with Gasteiger partial charge in [0, 0.05) is 22.6 Å². The van der Waals surface area contributed by atoms with Crippen LogP contribution in [0.2, 0.25) is 10.0 Å². The van der Waals surface area contributed by atoms with E-state index in [1.165, 1.54) is 23.1 Å². The Kier molecular flexibility index (Phi) is 10.6. The van der Waals surface area contributed by atoms with Gasteiger partial charge >= 0.3 is 0 Å². The van der Waals surface area contributed by atoms with E-state index in [1.54, 1.807) is 62.4 Å². The fourth-order valence-corrected chi connectivity index (χ4v) is 5.99. The molecule has 3 rings (SSSR count). The molecule has 0 radical (unpaired) electrons. The molecule has 0 aliphatic carbocycles. The molecule has 40 heavy (non-hydrogen) atoms. The van der Waals surface area contributed by atoms with E-state index in [1.807, 2.05) is 20.8 Å². The normalized spacial score (nSPS) is 12.2. The zero-order valence-corrected chi connectivity index (χ0v) is 25.6. The molecule has 0 spiro atoms. The van der Waals surface area contributed by atoms with Gasteiger partial charge in [-0.05, 0) is 75.6 Å². The summed E-state index contributed by atoms with van der Waals surface area (Å²) in [7, 11) is -4.18. The fourth-order valence-electron chi connectivity index (χ4n) is 4.21. The Morgan fingerprint density at radius 3 is 2.15 bits per heavy atom. The van der Waals surface area contributed by atoms with Crippen LogP contribution in [0, 0.1) is 13.8 Å². The van der Waals surface area contributed by atoms with Crippen LogP contribution in [-0.4, -0.2) is 43.8 Å². The van der Waals surface area contributed by atoms with Crippen LogP contribution in [0.25, 0.3) is 0 Å². The number of hydrogen-bond donors (Lipinski definition) is 1. The first-order valence-electron chi connectivity index (χ1n) is 13.0. The third-order valence-electron chi connectivity index (χ3n) is 6.45. The summed E-state index contributed by atoms with van der Waals surface area (Å²) in [6.45, 7) is 8.61. The lowest BCUT2D eigenvalue weighted by Crippen LogP contribution is -2.53. The molecule has 1 atom stereocenters. The van der Waals surface area contributed by atoms with Gasteiger partial charge in [0.25, 0.3) is 10.0 Å². The molecule has 1 unspecified atom stereocenters. The summed E-state index contributed by atoms with van der Waals surface area (Å²) in [5, 5.41) is 3.68. The molecular formula is C30H35Cl2N3O4S. The maximum Gasteiger partial charge on any atom is 0.264 e. The summed E-state index contributed by atoms with van der Waals surface area (Å²) >= 11 is 12.8. The van der Waals surface area contributed by atoms with Crippen molar-refractivity contribution < 1.29 is 18.0 Å². The maximum atomic E-state index is 14.1. The van der Waals surface area contributed by atoms with Gasteiger partial charge in [0.2, 0.25) is 11.8 Å². The van der Waals surface area contributed by atoms with Crippen LogP contribution in [0.4, 0.5) is 5.69 Å². The van der Waals surface area contributed by atoms with Gasteiger partial charge in [-0.1, -0.05) is 72.1 Å².